The molecule has 1 N–H and O–H groups in total. The zero-order valence-corrected chi connectivity index (χ0v) is 25.5. The Bertz CT molecular complexity index is 1260. The summed E-state index contributed by atoms with van der Waals surface area (Å²) >= 11 is 1.62. The van der Waals surface area contributed by atoms with E-state index in [9.17, 15) is 14.4 Å². The van der Waals surface area contributed by atoms with Crippen LogP contribution in [-0.4, -0.2) is 84.1 Å². The van der Waals surface area contributed by atoms with Gasteiger partial charge < -0.3 is 24.9 Å². The van der Waals surface area contributed by atoms with Crippen molar-refractivity contribution in [2.75, 3.05) is 50.5 Å². The SMILES string of the molecule is CC(C)CCN1C(=O)C(CC(=O)N2CCC(N3CCc4ccccc4NC3=O)CC2)SC1c1ccccc1N(C)C. The fourth-order valence-electron chi connectivity index (χ4n) is 6.15. The number of carbonyl (C=O) groups is 3. The first-order valence-corrected chi connectivity index (χ1v) is 15.8. The number of nitrogens with zero attached hydrogens (tertiary/aromatic N) is 4. The average Bonchev–Trinajstić information content (AvgIpc) is 3.16. The molecule has 0 bridgehead atoms. The molecule has 2 unspecified atom stereocenters. The van der Waals surface area contributed by atoms with Crippen molar-refractivity contribution < 1.29 is 14.4 Å². The van der Waals surface area contributed by atoms with Gasteiger partial charge >= 0.3 is 6.03 Å². The highest BCUT2D eigenvalue weighted by atomic mass is 32.2. The number of piperidine rings is 1. The van der Waals surface area contributed by atoms with Gasteiger partial charge in [0.2, 0.25) is 11.8 Å². The third-order valence-electron chi connectivity index (χ3n) is 8.53. The molecule has 0 aliphatic carbocycles. The van der Waals surface area contributed by atoms with Crippen LogP contribution in [-0.2, 0) is 16.0 Å². The molecular weight excluding hydrogens is 534 g/mol. The van der Waals surface area contributed by atoms with Crippen LogP contribution in [0.1, 0.15) is 56.0 Å². The molecule has 3 heterocycles. The molecule has 0 aromatic heterocycles. The zero-order chi connectivity index (χ0) is 29.1. The van der Waals surface area contributed by atoms with E-state index in [-0.39, 0.29) is 40.9 Å². The third-order valence-corrected chi connectivity index (χ3v) is 9.99. The number of rotatable bonds is 8. The van der Waals surface area contributed by atoms with Gasteiger partial charge in [0.05, 0.1) is 5.25 Å². The lowest BCUT2D eigenvalue weighted by molar-refractivity contribution is -0.136. The first-order chi connectivity index (χ1) is 19.7. The molecule has 2 aromatic carbocycles. The molecule has 0 spiro atoms. The van der Waals surface area contributed by atoms with Crippen LogP contribution in [0.25, 0.3) is 0 Å². The minimum atomic E-state index is -0.387. The number of hydrogen-bond donors (Lipinski definition) is 1. The van der Waals surface area contributed by atoms with Gasteiger partial charge in [-0.15, -0.1) is 11.8 Å². The average molecular weight is 578 g/mol. The number of carbonyl (C=O) groups excluding carboxylic acids is 3. The van der Waals surface area contributed by atoms with Crippen molar-refractivity contribution in [3.05, 3.63) is 59.7 Å². The second-order valence-electron chi connectivity index (χ2n) is 12.0. The van der Waals surface area contributed by atoms with Crippen molar-refractivity contribution in [2.24, 2.45) is 5.92 Å². The van der Waals surface area contributed by atoms with Crippen LogP contribution in [0, 0.1) is 5.92 Å². The van der Waals surface area contributed by atoms with Crippen molar-refractivity contribution in [3.8, 4) is 0 Å². The molecule has 9 heteroatoms. The van der Waals surface area contributed by atoms with Gasteiger partial charge in [0.15, 0.2) is 0 Å². The van der Waals surface area contributed by atoms with Gasteiger partial charge in [-0.25, -0.2) is 4.79 Å². The molecule has 3 aliphatic rings. The molecule has 0 radical (unpaired) electrons. The summed E-state index contributed by atoms with van der Waals surface area (Å²) in [7, 11) is 4.05. The van der Waals surface area contributed by atoms with Crippen molar-refractivity contribution in [1.29, 1.82) is 0 Å². The first-order valence-electron chi connectivity index (χ1n) is 14.9. The maximum Gasteiger partial charge on any atom is 0.322 e. The second kappa shape index (κ2) is 12.8. The number of amides is 4. The Hall–Kier alpha value is -3.20. The molecule has 2 aromatic rings. The molecule has 2 fully saturated rings. The summed E-state index contributed by atoms with van der Waals surface area (Å²) in [6.45, 7) is 6.93. The largest absolute Gasteiger partial charge is 0.377 e. The Kier molecular flexibility index (Phi) is 9.12. The van der Waals surface area contributed by atoms with Crippen LogP contribution < -0.4 is 10.2 Å². The summed E-state index contributed by atoms with van der Waals surface area (Å²) in [6, 6.07) is 16.3. The molecule has 0 saturated carbocycles. The fourth-order valence-corrected chi connectivity index (χ4v) is 7.65. The summed E-state index contributed by atoms with van der Waals surface area (Å²) in [5.41, 5.74) is 4.26. The van der Waals surface area contributed by atoms with Gasteiger partial charge in [-0.3, -0.25) is 9.59 Å². The van der Waals surface area contributed by atoms with Gasteiger partial charge in [0.25, 0.3) is 0 Å². The van der Waals surface area contributed by atoms with Crippen LogP contribution in [0.5, 0.6) is 0 Å². The normalized spacial score (nSPS) is 21.6. The topological polar surface area (TPSA) is 76.2 Å². The van der Waals surface area contributed by atoms with E-state index in [0.29, 0.717) is 32.1 Å². The van der Waals surface area contributed by atoms with Crippen molar-refractivity contribution in [2.45, 2.75) is 62.6 Å². The van der Waals surface area contributed by atoms with E-state index in [1.807, 2.05) is 59.1 Å². The number of para-hydroxylation sites is 2. The predicted molar refractivity (Wildman–Crippen MR) is 166 cm³/mol. The number of urea groups is 1. The minimum Gasteiger partial charge on any atom is -0.377 e. The predicted octanol–water partition coefficient (Wildman–Crippen LogP) is 5.21. The van der Waals surface area contributed by atoms with Gasteiger partial charge in [-0.05, 0) is 49.3 Å². The Morgan fingerprint density at radius 1 is 1.02 bits per heavy atom. The van der Waals surface area contributed by atoms with Gasteiger partial charge in [0.1, 0.15) is 5.37 Å². The highest BCUT2D eigenvalue weighted by Crippen LogP contribution is 2.47. The minimum absolute atomic E-state index is 0.0346. The Morgan fingerprint density at radius 2 is 1.73 bits per heavy atom. The van der Waals surface area contributed by atoms with Crippen LogP contribution >= 0.6 is 11.8 Å². The molecule has 4 amide bonds. The van der Waals surface area contributed by atoms with Crippen LogP contribution in [0.4, 0.5) is 16.2 Å². The standard InChI is InChI=1S/C32H43N5O3S/c1-22(2)13-19-37-30(39)28(41-31(37)25-10-6-8-12-27(25)34(3)4)21-29(38)35-17-15-24(16-18-35)36-20-14-23-9-5-7-11-26(23)33-32(36)40/h5-12,22,24,28,31H,13-21H2,1-4H3,(H,33,40). The number of hydrogen-bond acceptors (Lipinski definition) is 5. The molecule has 2 saturated heterocycles. The summed E-state index contributed by atoms with van der Waals surface area (Å²) in [6.07, 6.45) is 3.46. The lowest BCUT2D eigenvalue weighted by Gasteiger charge is -2.38. The van der Waals surface area contributed by atoms with Crippen molar-refractivity contribution >= 4 is 41.0 Å². The number of fused-ring (bicyclic) bond motifs is 1. The molecule has 2 atom stereocenters. The van der Waals surface area contributed by atoms with Gasteiger partial charge in [0, 0.05) is 69.7 Å². The van der Waals surface area contributed by atoms with E-state index in [1.54, 1.807) is 11.8 Å². The van der Waals surface area contributed by atoms with Crippen molar-refractivity contribution in [1.82, 2.24) is 14.7 Å². The highest BCUT2D eigenvalue weighted by molar-refractivity contribution is 8.01. The van der Waals surface area contributed by atoms with Crippen LogP contribution in [0.3, 0.4) is 0 Å². The van der Waals surface area contributed by atoms with E-state index in [2.05, 4.69) is 42.3 Å². The van der Waals surface area contributed by atoms with Crippen molar-refractivity contribution in [3.63, 3.8) is 0 Å². The maximum atomic E-state index is 13.7. The summed E-state index contributed by atoms with van der Waals surface area (Å²) in [4.78, 5) is 48.1. The molecule has 41 heavy (non-hydrogen) atoms. The number of thioether (sulfide) groups is 1. The van der Waals surface area contributed by atoms with Gasteiger partial charge in [-0.2, -0.15) is 0 Å². The molecular formula is C32H43N5O3S. The lowest BCUT2D eigenvalue weighted by atomic mass is 10.0. The third kappa shape index (κ3) is 6.50. The molecule has 5 rings (SSSR count). The summed E-state index contributed by atoms with van der Waals surface area (Å²) < 4.78 is 0. The molecule has 220 valence electrons. The zero-order valence-electron chi connectivity index (χ0n) is 24.7. The summed E-state index contributed by atoms with van der Waals surface area (Å²) in [5.74, 6) is 0.589. The molecule has 8 nitrogen and oxygen atoms in total. The Balaban J connectivity index is 1.21. The highest BCUT2D eigenvalue weighted by Gasteiger charge is 2.43. The lowest BCUT2D eigenvalue weighted by Crippen LogP contribution is -2.50. The Morgan fingerprint density at radius 3 is 2.46 bits per heavy atom. The second-order valence-corrected chi connectivity index (χ2v) is 13.3. The number of anilines is 2. The smallest absolute Gasteiger partial charge is 0.322 e. The quantitative estimate of drug-likeness (QED) is 0.466. The number of likely N-dealkylation sites (tertiary alicyclic amines) is 1. The monoisotopic (exact) mass is 577 g/mol. The Labute approximate surface area is 248 Å². The summed E-state index contributed by atoms with van der Waals surface area (Å²) in [5, 5.41) is 2.58. The fraction of sp³-hybridized carbons (Fsp3) is 0.531. The van der Waals surface area contributed by atoms with E-state index in [0.717, 1.165) is 48.2 Å². The van der Waals surface area contributed by atoms with Crippen LogP contribution in [0.15, 0.2) is 48.5 Å². The van der Waals surface area contributed by atoms with Gasteiger partial charge in [-0.1, -0.05) is 50.2 Å². The molecule has 3 aliphatic heterocycles. The number of benzene rings is 2. The number of nitrogens with one attached hydrogen (secondary N) is 1. The van der Waals surface area contributed by atoms with E-state index in [4.69, 9.17) is 0 Å². The van der Waals surface area contributed by atoms with E-state index >= 15 is 0 Å². The maximum absolute atomic E-state index is 13.7. The van der Waals surface area contributed by atoms with Crippen LogP contribution in [0.2, 0.25) is 0 Å². The van der Waals surface area contributed by atoms with E-state index in [1.165, 1.54) is 0 Å². The first kappa shape index (κ1) is 29.3. The van der Waals surface area contributed by atoms with E-state index < -0.39 is 0 Å².